The average Bonchev–Trinajstić information content (AvgIpc) is 3.53. The minimum absolute atomic E-state index is 0.268. The molecule has 2 atom stereocenters. The van der Waals surface area contributed by atoms with Gasteiger partial charge in [-0.3, -0.25) is 14.5 Å². The number of hydrogen-bond acceptors (Lipinski definition) is 6. The first kappa shape index (κ1) is 28.3. The third kappa shape index (κ3) is 5.77. The van der Waals surface area contributed by atoms with Crippen molar-refractivity contribution in [2.75, 3.05) is 12.3 Å². The number of carbonyl (C=O) groups excluding carboxylic acids is 2. The predicted molar refractivity (Wildman–Crippen MR) is 159 cm³/mol. The SMILES string of the molecule is C[C@H](NS(=O)(=O)CCN1C(=O)c2ccccc2C1=O)[C@@H](Oc1ccc2c(cnn2-c2ccc(F)cc2)c1)c1ccccc1. The highest BCUT2D eigenvalue weighted by Gasteiger charge is 2.36. The number of sulfonamides is 1. The first-order chi connectivity index (χ1) is 20.7. The van der Waals surface area contributed by atoms with Gasteiger partial charge in [-0.25, -0.2) is 22.2 Å². The van der Waals surface area contributed by atoms with Gasteiger partial charge in [0.05, 0.1) is 40.3 Å². The Bertz CT molecular complexity index is 1890. The molecule has 1 aromatic heterocycles. The molecular formula is C32H27FN4O5S. The van der Waals surface area contributed by atoms with Gasteiger partial charge in [0.25, 0.3) is 11.8 Å². The Balaban J connectivity index is 1.19. The van der Waals surface area contributed by atoms with Crippen LogP contribution in [0, 0.1) is 5.82 Å². The smallest absolute Gasteiger partial charge is 0.261 e. The predicted octanol–water partition coefficient (Wildman–Crippen LogP) is 4.89. The lowest BCUT2D eigenvalue weighted by Crippen LogP contribution is -2.43. The summed E-state index contributed by atoms with van der Waals surface area (Å²) in [6.07, 6.45) is 0.967. The van der Waals surface area contributed by atoms with Crippen molar-refractivity contribution in [1.29, 1.82) is 0 Å². The number of halogens is 1. The number of carbonyl (C=O) groups is 2. The van der Waals surface area contributed by atoms with E-state index in [9.17, 15) is 22.4 Å². The summed E-state index contributed by atoms with van der Waals surface area (Å²) in [5.41, 5.74) is 2.78. The third-order valence-electron chi connectivity index (χ3n) is 7.28. The molecule has 0 fully saturated rings. The second kappa shape index (κ2) is 11.4. The third-order valence-corrected chi connectivity index (χ3v) is 8.73. The van der Waals surface area contributed by atoms with Crippen LogP contribution in [0.25, 0.3) is 16.6 Å². The highest BCUT2D eigenvalue weighted by atomic mass is 32.2. The van der Waals surface area contributed by atoms with Crippen molar-refractivity contribution in [3.8, 4) is 11.4 Å². The van der Waals surface area contributed by atoms with Crippen LogP contribution in [0.2, 0.25) is 0 Å². The van der Waals surface area contributed by atoms with Crippen molar-refractivity contribution in [3.05, 3.63) is 126 Å². The topological polar surface area (TPSA) is 111 Å². The molecule has 1 aliphatic rings. The quantitative estimate of drug-likeness (QED) is 0.229. The number of benzene rings is 4. The molecule has 0 aliphatic carbocycles. The summed E-state index contributed by atoms with van der Waals surface area (Å²) >= 11 is 0. The van der Waals surface area contributed by atoms with Gasteiger partial charge < -0.3 is 4.74 Å². The van der Waals surface area contributed by atoms with E-state index in [1.807, 2.05) is 42.5 Å². The van der Waals surface area contributed by atoms with Crippen LogP contribution >= 0.6 is 0 Å². The number of rotatable bonds is 10. The van der Waals surface area contributed by atoms with E-state index in [0.717, 1.165) is 21.4 Å². The van der Waals surface area contributed by atoms with Crippen molar-refractivity contribution in [1.82, 2.24) is 19.4 Å². The monoisotopic (exact) mass is 598 g/mol. The fourth-order valence-corrected chi connectivity index (χ4v) is 6.41. The summed E-state index contributed by atoms with van der Waals surface area (Å²) in [4.78, 5) is 26.3. The Morgan fingerprint density at radius 2 is 1.53 bits per heavy atom. The van der Waals surface area contributed by atoms with Crippen LogP contribution in [0.15, 0.2) is 103 Å². The van der Waals surface area contributed by atoms with Crippen molar-refractivity contribution in [2.45, 2.75) is 19.1 Å². The molecule has 0 radical (unpaired) electrons. The zero-order valence-electron chi connectivity index (χ0n) is 23.1. The summed E-state index contributed by atoms with van der Waals surface area (Å²) in [6.45, 7) is 1.42. The van der Waals surface area contributed by atoms with Crippen LogP contribution in [-0.4, -0.2) is 53.3 Å². The lowest BCUT2D eigenvalue weighted by atomic mass is 10.0. The van der Waals surface area contributed by atoms with E-state index in [1.54, 1.807) is 60.3 Å². The largest absolute Gasteiger partial charge is 0.484 e. The van der Waals surface area contributed by atoms with E-state index in [-0.39, 0.29) is 23.5 Å². The Morgan fingerprint density at radius 1 is 0.884 bits per heavy atom. The number of ether oxygens (including phenoxy) is 1. The maximum absolute atomic E-state index is 13.4. The molecule has 0 saturated carbocycles. The molecule has 2 amide bonds. The molecule has 11 heteroatoms. The van der Waals surface area contributed by atoms with Crippen LogP contribution in [0.3, 0.4) is 0 Å². The molecule has 0 unspecified atom stereocenters. The molecule has 1 N–H and O–H groups in total. The van der Waals surface area contributed by atoms with Gasteiger partial charge in [-0.15, -0.1) is 0 Å². The van der Waals surface area contributed by atoms with E-state index < -0.39 is 39.7 Å². The van der Waals surface area contributed by atoms with Gasteiger partial charge in [0.2, 0.25) is 10.0 Å². The molecule has 0 bridgehead atoms. The standard InChI is InChI=1S/C32H27FN4O5S/c1-21(35-43(40,41)18-17-36-31(38)27-9-5-6-10-28(27)32(36)39)30(22-7-3-2-4-8-22)42-26-15-16-29-23(19-26)20-34-37(29)25-13-11-24(33)12-14-25/h2-16,19-21,30,35H,17-18H2,1H3/t21-,30+/m0/s1. The molecule has 6 rings (SSSR count). The maximum Gasteiger partial charge on any atom is 0.261 e. The van der Waals surface area contributed by atoms with E-state index in [2.05, 4.69) is 9.82 Å². The van der Waals surface area contributed by atoms with Gasteiger partial charge in [0, 0.05) is 11.9 Å². The van der Waals surface area contributed by atoms with Gasteiger partial charge >= 0.3 is 0 Å². The number of aromatic nitrogens is 2. The summed E-state index contributed by atoms with van der Waals surface area (Å²) in [6, 6.07) is 26.4. The number of nitrogens with one attached hydrogen (secondary N) is 1. The number of hydrogen-bond donors (Lipinski definition) is 1. The van der Waals surface area contributed by atoms with Gasteiger partial charge in [0.1, 0.15) is 17.7 Å². The lowest BCUT2D eigenvalue weighted by Gasteiger charge is -2.27. The first-order valence-electron chi connectivity index (χ1n) is 13.6. The van der Waals surface area contributed by atoms with Crippen LogP contribution in [0.4, 0.5) is 4.39 Å². The van der Waals surface area contributed by atoms with Crippen LogP contribution in [-0.2, 0) is 10.0 Å². The molecule has 9 nitrogen and oxygen atoms in total. The number of nitrogens with zero attached hydrogens (tertiary/aromatic N) is 3. The summed E-state index contributed by atoms with van der Waals surface area (Å²) in [7, 11) is -3.93. The Labute approximate surface area is 247 Å². The van der Waals surface area contributed by atoms with Crippen LogP contribution < -0.4 is 9.46 Å². The molecule has 0 spiro atoms. The summed E-state index contributed by atoms with van der Waals surface area (Å²) in [5, 5.41) is 5.21. The fourth-order valence-electron chi connectivity index (χ4n) is 5.18. The maximum atomic E-state index is 13.4. The summed E-state index contributed by atoms with van der Waals surface area (Å²) in [5.74, 6) is -1.31. The Kier molecular flexibility index (Phi) is 7.51. The van der Waals surface area contributed by atoms with E-state index in [1.165, 1.54) is 12.1 Å². The highest BCUT2D eigenvalue weighted by molar-refractivity contribution is 7.89. The van der Waals surface area contributed by atoms with E-state index >= 15 is 0 Å². The lowest BCUT2D eigenvalue weighted by molar-refractivity contribution is 0.0664. The van der Waals surface area contributed by atoms with E-state index in [4.69, 9.17) is 4.74 Å². The van der Waals surface area contributed by atoms with Gasteiger partial charge in [-0.2, -0.15) is 5.10 Å². The number of fused-ring (bicyclic) bond motifs is 2. The fraction of sp³-hybridized carbons (Fsp3) is 0.156. The molecule has 4 aromatic carbocycles. The molecular weight excluding hydrogens is 571 g/mol. The van der Waals surface area contributed by atoms with Crippen molar-refractivity contribution in [2.24, 2.45) is 0 Å². The van der Waals surface area contributed by atoms with Gasteiger partial charge in [-0.05, 0) is 67.1 Å². The second-order valence-electron chi connectivity index (χ2n) is 10.2. The van der Waals surface area contributed by atoms with Gasteiger partial charge in [-0.1, -0.05) is 42.5 Å². The first-order valence-corrected chi connectivity index (χ1v) is 15.3. The molecule has 218 valence electrons. The minimum Gasteiger partial charge on any atom is -0.484 e. The molecule has 2 heterocycles. The second-order valence-corrected chi connectivity index (χ2v) is 12.1. The number of imide groups is 1. The van der Waals surface area contributed by atoms with Crippen molar-refractivity contribution < 1.29 is 27.1 Å². The van der Waals surface area contributed by atoms with E-state index in [0.29, 0.717) is 11.4 Å². The van der Waals surface area contributed by atoms with Crippen molar-refractivity contribution in [3.63, 3.8) is 0 Å². The molecule has 5 aromatic rings. The van der Waals surface area contributed by atoms with Crippen LogP contribution in [0.1, 0.15) is 39.3 Å². The van der Waals surface area contributed by atoms with Crippen LogP contribution in [0.5, 0.6) is 5.75 Å². The summed E-state index contributed by atoms with van der Waals surface area (Å²) < 4.78 is 50.4. The molecule has 43 heavy (non-hydrogen) atoms. The Morgan fingerprint density at radius 3 is 2.21 bits per heavy atom. The minimum atomic E-state index is -3.93. The number of amides is 2. The van der Waals surface area contributed by atoms with Gasteiger partial charge in [0.15, 0.2) is 0 Å². The highest BCUT2D eigenvalue weighted by Crippen LogP contribution is 2.29. The average molecular weight is 599 g/mol. The zero-order chi connectivity index (χ0) is 30.1. The Hall–Kier alpha value is -4.87. The normalized spacial score (nSPS) is 14.6. The van der Waals surface area contributed by atoms with Crippen molar-refractivity contribution >= 4 is 32.7 Å². The zero-order valence-corrected chi connectivity index (χ0v) is 23.9. The molecule has 1 aliphatic heterocycles. The molecule has 0 saturated heterocycles.